The highest BCUT2D eigenvalue weighted by Crippen LogP contribution is 2.36. The number of nitrogens with zero attached hydrogens (tertiary/aromatic N) is 2. The van der Waals surface area contributed by atoms with Crippen molar-refractivity contribution in [1.82, 2.24) is 15.1 Å². The third-order valence-corrected chi connectivity index (χ3v) is 3.93. The normalized spacial score (nSPS) is 24.1. The van der Waals surface area contributed by atoms with Gasteiger partial charge < -0.3 is 5.32 Å². The topological polar surface area (TPSA) is 29.9 Å². The van der Waals surface area contributed by atoms with Crippen molar-refractivity contribution >= 4 is 0 Å². The minimum Gasteiger partial charge on any atom is -0.314 e. The molecule has 0 radical (unpaired) electrons. The molecule has 1 heterocycles. The third kappa shape index (κ3) is 3.09. The summed E-state index contributed by atoms with van der Waals surface area (Å²) >= 11 is 0. The van der Waals surface area contributed by atoms with Crippen molar-refractivity contribution in [3.05, 3.63) is 17.5 Å². The first kappa shape index (κ1) is 12.6. The molecule has 0 saturated heterocycles. The summed E-state index contributed by atoms with van der Waals surface area (Å²) in [5.74, 6) is 1.73. The van der Waals surface area contributed by atoms with Crippen LogP contribution in [0.15, 0.2) is 6.07 Å². The summed E-state index contributed by atoms with van der Waals surface area (Å²) in [6.07, 6.45) is 3.97. The maximum atomic E-state index is 4.42. The summed E-state index contributed by atoms with van der Waals surface area (Å²) in [6, 6.07) is 2.83. The number of rotatable bonds is 5. The fourth-order valence-corrected chi connectivity index (χ4v) is 2.69. The Kier molecular flexibility index (Phi) is 3.87. The Morgan fingerprint density at radius 1 is 1.41 bits per heavy atom. The summed E-state index contributed by atoms with van der Waals surface area (Å²) in [5, 5.41) is 7.98. The number of hydrogen-bond donors (Lipinski definition) is 1. The Morgan fingerprint density at radius 3 is 2.59 bits per heavy atom. The molecule has 2 atom stereocenters. The van der Waals surface area contributed by atoms with Gasteiger partial charge in [0.2, 0.25) is 0 Å². The van der Waals surface area contributed by atoms with Crippen molar-refractivity contribution in [1.29, 1.82) is 0 Å². The second-order valence-electron chi connectivity index (χ2n) is 5.77. The molecule has 96 valence electrons. The van der Waals surface area contributed by atoms with Crippen LogP contribution in [0.4, 0.5) is 0 Å². The van der Waals surface area contributed by atoms with Crippen LogP contribution in [0.1, 0.15) is 38.1 Å². The summed E-state index contributed by atoms with van der Waals surface area (Å²) < 4.78 is 2.04. The van der Waals surface area contributed by atoms with Crippen molar-refractivity contribution in [2.75, 3.05) is 6.54 Å². The molecule has 1 saturated carbocycles. The smallest absolute Gasteiger partial charge is 0.0596 e. The van der Waals surface area contributed by atoms with E-state index in [4.69, 9.17) is 0 Å². The quantitative estimate of drug-likeness (QED) is 0.848. The number of aromatic nitrogens is 2. The van der Waals surface area contributed by atoms with E-state index in [0.717, 1.165) is 17.5 Å². The van der Waals surface area contributed by atoms with Crippen LogP contribution in [0.3, 0.4) is 0 Å². The van der Waals surface area contributed by atoms with Gasteiger partial charge in [-0.3, -0.25) is 4.68 Å². The van der Waals surface area contributed by atoms with Gasteiger partial charge in [-0.25, -0.2) is 0 Å². The van der Waals surface area contributed by atoms with Crippen LogP contribution in [-0.4, -0.2) is 22.4 Å². The van der Waals surface area contributed by atoms with Crippen molar-refractivity contribution in [3.8, 4) is 0 Å². The predicted octanol–water partition coefficient (Wildman–Crippen LogP) is 2.30. The zero-order valence-electron chi connectivity index (χ0n) is 11.5. The monoisotopic (exact) mass is 235 g/mol. The predicted molar refractivity (Wildman–Crippen MR) is 71.0 cm³/mol. The minimum atomic E-state index is 0.607. The molecule has 1 aromatic heterocycles. The third-order valence-electron chi connectivity index (χ3n) is 3.93. The molecule has 0 bridgehead atoms. The van der Waals surface area contributed by atoms with E-state index in [1.54, 1.807) is 0 Å². The van der Waals surface area contributed by atoms with Crippen molar-refractivity contribution in [3.63, 3.8) is 0 Å². The largest absolute Gasteiger partial charge is 0.314 e. The summed E-state index contributed by atoms with van der Waals surface area (Å²) in [7, 11) is 2.06. The molecular weight excluding hydrogens is 210 g/mol. The Balaban J connectivity index is 1.85. The first-order chi connectivity index (χ1) is 8.06. The highest BCUT2D eigenvalue weighted by atomic mass is 15.3. The maximum absolute atomic E-state index is 4.42. The highest BCUT2D eigenvalue weighted by Gasteiger charge is 2.31. The molecule has 3 heteroatoms. The Bertz CT molecular complexity index is 368. The fraction of sp³-hybridized carbons (Fsp3) is 0.786. The first-order valence-electron chi connectivity index (χ1n) is 6.79. The van der Waals surface area contributed by atoms with E-state index in [9.17, 15) is 0 Å². The summed E-state index contributed by atoms with van der Waals surface area (Å²) in [5.41, 5.74) is 2.53. The molecule has 0 aliphatic heterocycles. The molecule has 1 aromatic rings. The lowest BCUT2D eigenvalue weighted by molar-refractivity contribution is 0.165. The zero-order chi connectivity index (χ0) is 12.4. The first-order valence-corrected chi connectivity index (χ1v) is 6.79. The molecule has 1 aliphatic rings. The molecule has 1 N–H and O–H groups in total. The van der Waals surface area contributed by atoms with Gasteiger partial charge in [-0.2, -0.15) is 5.10 Å². The average molecular weight is 235 g/mol. The Labute approximate surface area is 105 Å². The Morgan fingerprint density at radius 2 is 2.12 bits per heavy atom. The SMILES string of the molecule is Cc1cc(CC2CCC2CNC(C)C)n(C)n1. The second kappa shape index (κ2) is 5.21. The van der Waals surface area contributed by atoms with E-state index in [1.807, 2.05) is 4.68 Å². The molecule has 1 fully saturated rings. The lowest BCUT2D eigenvalue weighted by Gasteiger charge is -2.37. The van der Waals surface area contributed by atoms with Gasteiger partial charge >= 0.3 is 0 Å². The number of aryl methyl sites for hydroxylation is 2. The molecule has 3 nitrogen and oxygen atoms in total. The van der Waals surface area contributed by atoms with E-state index in [1.165, 1.54) is 31.5 Å². The van der Waals surface area contributed by atoms with Gasteiger partial charge in [0.05, 0.1) is 5.69 Å². The van der Waals surface area contributed by atoms with Crippen LogP contribution < -0.4 is 5.32 Å². The fourth-order valence-electron chi connectivity index (χ4n) is 2.69. The molecule has 17 heavy (non-hydrogen) atoms. The van der Waals surface area contributed by atoms with Crippen molar-refractivity contribution < 1.29 is 0 Å². The van der Waals surface area contributed by atoms with Gasteiger partial charge in [0.25, 0.3) is 0 Å². The van der Waals surface area contributed by atoms with Crippen LogP contribution >= 0.6 is 0 Å². The van der Waals surface area contributed by atoms with Crippen molar-refractivity contribution in [2.24, 2.45) is 18.9 Å². The van der Waals surface area contributed by atoms with Crippen molar-refractivity contribution in [2.45, 2.75) is 46.1 Å². The zero-order valence-corrected chi connectivity index (χ0v) is 11.5. The second-order valence-corrected chi connectivity index (χ2v) is 5.77. The maximum Gasteiger partial charge on any atom is 0.0596 e. The average Bonchev–Trinajstić information content (AvgIpc) is 2.52. The van der Waals surface area contributed by atoms with Gasteiger partial charge in [-0.1, -0.05) is 13.8 Å². The van der Waals surface area contributed by atoms with Crippen LogP contribution in [-0.2, 0) is 13.5 Å². The molecular formula is C14H25N3. The lowest BCUT2D eigenvalue weighted by atomic mass is 9.71. The molecule has 2 rings (SSSR count). The molecule has 1 aliphatic carbocycles. The van der Waals surface area contributed by atoms with E-state index >= 15 is 0 Å². The minimum absolute atomic E-state index is 0.607. The van der Waals surface area contributed by atoms with Gasteiger partial charge in [0.15, 0.2) is 0 Å². The van der Waals surface area contributed by atoms with Gasteiger partial charge in [-0.05, 0) is 50.6 Å². The van der Waals surface area contributed by atoms with E-state index in [2.05, 4.69) is 44.3 Å². The van der Waals surface area contributed by atoms with Gasteiger partial charge in [-0.15, -0.1) is 0 Å². The standard InChI is InChI=1S/C14H25N3/c1-10(2)15-9-13-6-5-12(13)8-14-7-11(3)16-17(14)4/h7,10,12-13,15H,5-6,8-9H2,1-4H3. The van der Waals surface area contributed by atoms with E-state index in [0.29, 0.717) is 6.04 Å². The summed E-state index contributed by atoms with van der Waals surface area (Å²) in [4.78, 5) is 0. The molecule has 2 unspecified atom stereocenters. The van der Waals surface area contributed by atoms with Gasteiger partial charge in [0, 0.05) is 18.8 Å². The van der Waals surface area contributed by atoms with Crippen LogP contribution in [0, 0.1) is 18.8 Å². The molecule has 0 aromatic carbocycles. The van der Waals surface area contributed by atoms with E-state index < -0.39 is 0 Å². The van der Waals surface area contributed by atoms with Crippen LogP contribution in [0.5, 0.6) is 0 Å². The van der Waals surface area contributed by atoms with Crippen LogP contribution in [0.25, 0.3) is 0 Å². The lowest BCUT2D eigenvalue weighted by Crippen LogP contribution is -2.39. The Hall–Kier alpha value is -0.830. The van der Waals surface area contributed by atoms with E-state index in [-0.39, 0.29) is 0 Å². The highest BCUT2D eigenvalue weighted by molar-refractivity contribution is 5.10. The van der Waals surface area contributed by atoms with Gasteiger partial charge in [0.1, 0.15) is 0 Å². The summed E-state index contributed by atoms with van der Waals surface area (Å²) in [6.45, 7) is 7.69. The van der Waals surface area contributed by atoms with Crippen LogP contribution in [0.2, 0.25) is 0 Å². The number of hydrogen-bond acceptors (Lipinski definition) is 2. The number of nitrogens with one attached hydrogen (secondary N) is 1. The molecule has 0 spiro atoms. The molecule has 0 amide bonds.